The molecule has 0 aliphatic heterocycles. The molecule has 6 heteroatoms. The van der Waals surface area contributed by atoms with Crippen molar-refractivity contribution in [1.82, 2.24) is 0 Å². The van der Waals surface area contributed by atoms with Gasteiger partial charge in [-0.15, -0.1) is 0 Å². The van der Waals surface area contributed by atoms with Gasteiger partial charge in [-0.05, 0) is 73.9 Å². The highest BCUT2D eigenvalue weighted by Crippen LogP contribution is 2.36. The van der Waals surface area contributed by atoms with E-state index in [1.807, 2.05) is 38.1 Å². The Hall–Kier alpha value is -3.51. The van der Waals surface area contributed by atoms with E-state index in [4.69, 9.17) is 10.00 Å². The minimum Gasteiger partial charge on any atom is -0.508 e. The maximum atomic E-state index is 11.3. The second-order valence-corrected chi connectivity index (χ2v) is 12.0. The minimum absolute atomic E-state index is 0. The van der Waals surface area contributed by atoms with Crippen LogP contribution in [0.4, 0.5) is 4.79 Å². The Morgan fingerprint density at radius 2 is 1.13 bits per heavy atom. The molecule has 0 saturated heterocycles. The molecule has 0 fully saturated rings. The van der Waals surface area contributed by atoms with E-state index in [-0.39, 0.29) is 31.4 Å². The standard InChI is InChI=1S/C16H21NO3.C14H19NO.2CH4/c1-15(2,3)11-7-8-13(20-14(18)19-6)12(9-11)16(4,5)10-17;1-13(2,3)10-6-7-12(16)11(8-10)14(4,5)9-15;;/h7-9H,1-6H3;6-8,16H,1-5H3;2*1H4. The first-order chi connectivity index (χ1) is 16.3. The van der Waals surface area contributed by atoms with E-state index in [9.17, 15) is 15.2 Å². The predicted octanol–water partition coefficient (Wildman–Crippen LogP) is 8.69. The zero-order valence-corrected chi connectivity index (χ0v) is 23.5. The summed E-state index contributed by atoms with van der Waals surface area (Å²) in [6, 6.07) is 15.5. The fourth-order valence-electron chi connectivity index (χ4n) is 3.33. The van der Waals surface area contributed by atoms with E-state index in [0.29, 0.717) is 16.9 Å². The van der Waals surface area contributed by atoms with E-state index in [0.717, 1.165) is 11.1 Å². The molecule has 0 radical (unpaired) electrons. The Balaban J connectivity index is 0. The Labute approximate surface area is 231 Å². The number of methoxy groups -OCH3 is 1. The van der Waals surface area contributed by atoms with Crippen molar-refractivity contribution >= 4 is 6.16 Å². The zero-order valence-electron chi connectivity index (χ0n) is 23.5. The average molecular weight is 525 g/mol. The highest BCUT2D eigenvalue weighted by atomic mass is 16.7. The van der Waals surface area contributed by atoms with Crippen LogP contribution in [0.15, 0.2) is 36.4 Å². The monoisotopic (exact) mass is 524 g/mol. The molecule has 210 valence electrons. The number of carbonyl (C=O) groups is 1. The Kier molecular flexibility index (Phi) is 12.9. The number of rotatable bonds is 3. The zero-order chi connectivity index (χ0) is 28.1. The van der Waals surface area contributed by atoms with Gasteiger partial charge in [0.05, 0.1) is 30.1 Å². The number of nitriles is 2. The van der Waals surface area contributed by atoms with Crippen LogP contribution in [0, 0.1) is 22.7 Å². The van der Waals surface area contributed by atoms with Gasteiger partial charge in [-0.3, -0.25) is 0 Å². The predicted molar refractivity (Wildman–Crippen MR) is 156 cm³/mol. The minimum atomic E-state index is -0.788. The van der Waals surface area contributed by atoms with Crippen molar-refractivity contribution in [2.24, 2.45) is 0 Å². The first-order valence-corrected chi connectivity index (χ1v) is 11.9. The Morgan fingerprint density at radius 3 is 1.53 bits per heavy atom. The number of aromatic hydroxyl groups is 1. The lowest BCUT2D eigenvalue weighted by molar-refractivity contribution is 0.121. The average Bonchev–Trinajstić information content (AvgIpc) is 2.78. The first-order valence-electron chi connectivity index (χ1n) is 11.9. The summed E-state index contributed by atoms with van der Waals surface area (Å²) < 4.78 is 9.65. The van der Waals surface area contributed by atoms with Gasteiger partial charge in [0.25, 0.3) is 0 Å². The third kappa shape index (κ3) is 9.42. The SMILES string of the molecule is C.C.CC(C)(C)c1ccc(O)c(C(C)(C)C#N)c1.COC(=O)Oc1ccc(C(C)(C)C)cc1C(C)(C)C#N. The van der Waals surface area contributed by atoms with Crippen LogP contribution >= 0.6 is 0 Å². The van der Waals surface area contributed by atoms with Gasteiger partial charge < -0.3 is 14.6 Å². The van der Waals surface area contributed by atoms with Crippen LogP contribution in [-0.2, 0) is 26.4 Å². The van der Waals surface area contributed by atoms with Crippen LogP contribution < -0.4 is 4.74 Å². The van der Waals surface area contributed by atoms with Crippen LogP contribution in [0.25, 0.3) is 0 Å². The maximum absolute atomic E-state index is 11.3. The molecule has 0 aliphatic rings. The van der Waals surface area contributed by atoms with Crippen molar-refractivity contribution in [3.63, 3.8) is 0 Å². The molecule has 0 spiro atoms. The molecule has 0 amide bonds. The molecule has 2 aromatic carbocycles. The molecule has 0 aliphatic carbocycles. The van der Waals surface area contributed by atoms with Crippen molar-refractivity contribution in [2.45, 2.75) is 106 Å². The van der Waals surface area contributed by atoms with Crippen molar-refractivity contribution in [2.75, 3.05) is 7.11 Å². The first kappa shape index (κ1) is 36.6. The molecule has 0 bridgehead atoms. The lowest BCUT2D eigenvalue weighted by Gasteiger charge is -2.25. The van der Waals surface area contributed by atoms with E-state index in [1.54, 1.807) is 26.0 Å². The third-order valence-corrected chi connectivity index (χ3v) is 5.97. The van der Waals surface area contributed by atoms with Gasteiger partial charge in [-0.25, -0.2) is 4.79 Å². The summed E-state index contributed by atoms with van der Waals surface area (Å²) >= 11 is 0. The van der Waals surface area contributed by atoms with Crippen molar-refractivity contribution < 1.29 is 19.4 Å². The fraction of sp³-hybridized carbons (Fsp3) is 0.531. The molecule has 0 aromatic heterocycles. The van der Waals surface area contributed by atoms with E-state index >= 15 is 0 Å². The van der Waals surface area contributed by atoms with Crippen LogP contribution in [-0.4, -0.2) is 18.4 Å². The molecule has 0 unspecified atom stereocenters. The molecule has 2 aromatic rings. The van der Waals surface area contributed by atoms with E-state index in [2.05, 4.69) is 58.4 Å². The maximum Gasteiger partial charge on any atom is 0.513 e. The smallest absolute Gasteiger partial charge is 0.508 e. The van der Waals surface area contributed by atoms with Gasteiger partial charge in [-0.1, -0.05) is 68.5 Å². The second kappa shape index (κ2) is 13.3. The number of phenols is 1. The summed E-state index contributed by atoms with van der Waals surface area (Å²) in [5.41, 5.74) is 2.13. The summed E-state index contributed by atoms with van der Waals surface area (Å²) in [4.78, 5) is 11.3. The van der Waals surface area contributed by atoms with Gasteiger partial charge >= 0.3 is 6.16 Å². The number of hydrogen-bond donors (Lipinski definition) is 1. The van der Waals surface area contributed by atoms with Gasteiger partial charge in [0.1, 0.15) is 11.5 Å². The van der Waals surface area contributed by atoms with Crippen LogP contribution in [0.2, 0.25) is 0 Å². The van der Waals surface area contributed by atoms with Gasteiger partial charge in [0.2, 0.25) is 0 Å². The van der Waals surface area contributed by atoms with E-state index < -0.39 is 17.0 Å². The molecular formula is C32H48N2O4. The summed E-state index contributed by atoms with van der Waals surface area (Å²) in [6.45, 7) is 19.8. The summed E-state index contributed by atoms with van der Waals surface area (Å²) in [5.74, 6) is 0.552. The largest absolute Gasteiger partial charge is 0.513 e. The number of carbonyl (C=O) groups excluding carboxylic acids is 1. The van der Waals surface area contributed by atoms with E-state index in [1.165, 1.54) is 7.11 Å². The number of benzene rings is 2. The number of nitrogens with zero attached hydrogens (tertiary/aromatic N) is 2. The molecule has 38 heavy (non-hydrogen) atoms. The molecule has 2 rings (SSSR count). The second-order valence-electron chi connectivity index (χ2n) is 12.0. The third-order valence-electron chi connectivity index (χ3n) is 5.97. The molecule has 1 N–H and O–H groups in total. The Morgan fingerprint density at radius 1 is 0.737 bits per heavy atom. The quantitative estimate of drug-likeness (QED) is 0.318. The van der Waals surface area contributed by atoms with Crippen molar-refractivity contribution in [3.05, 3.63) is 58.7 Å². The van der Waals surface area contributed by atoms with Crippen LogP contribution in [0.1, 0.15) is 106 Å². The summed E-state index contributed by atoms with van der Waals surface area (Å²) in [5, 5.41) is 28.3. The summed E-state index contributed by atoms with van der Waals surface area (Å²) in [6.07, 6.45) is -0.788. The van der Waals surface area contributed by atoms with Crippen LogP contribution in [0.5, 0.6) is 11.5 Å². The molecule has 6 nitrogen and oxygen atoms in total. The molecule has 0 saturated carbocycles. The van der Waals surface area contributed by atoms with Gasteiger partial charge in [-0.2, -0.15) is 10.5 Å². The van der Waals surface area contributed by atoms with Crippen LogP contribution in [0.3, 0.4) is 0 Å². The number of hydrogen-bond acceptors (Lipinski definition) is 6. The molecular weight excluding hydrogens is 476 g/mol. The normalized spacial score (nSPS) is 11.3. The lowest BCUT2D eigenvalue weighted by Crippen LogP contribution is -2.20. The van der Waals surface area contributed by atoms with Gasteiger partial charge in [0.15, 0.2) is 0 Å². The molecule has 0 atom stereocenters. The number of phenolic OH excluding ortho intramolecular Hbond substituents is 1. The number of ether oxygens (including phenoxy) is 2. The topological polar surface area (TPSA) is 103 Å². The Bertz CT molecular complexity index is 1170. The van der Waals surface area contributed by atoms with Crippen molar-refractivity contribution in [1.29, 1.82) is 10.5 Å². The molecule has 0 heterocycles. The fourth-order valence-corrected chi connectivity index (χ4v) is 3.33. The van der Waals surface area contributed by atoms with Crippen molar-refractivity contribution in [3.8, 4) is 23.6 Å². The lowest BCUT2D eigenvalue weighted by atomic mass is 9.80. The van der Waals surface area contributed by atoms with Gasteiger partial charge in [0, 0.05) is 11.1 Å². The summed E-state index contributed by atoms with van der Waals surface area (Å²) in [7, 11) is 1.25. The highest BCUT2D eigenvalue weighted by molar-refractivity contribution is 5.65. The highest BCUT2D eigenvalue weighted by Gasteiger charge is 2.28.